The number of benzene rings is 1. The van der Waals surface area contributed by atoms with Gasteiger partial charge in [0.25, 0.3) is 0 Å². The minimum Gasteiger partial charge on any atom is -0.469 e. The lowest BCUT2D eigenvalue weighted by atomic mass is 9.84. The van der Waals surface area contributed by atoms with Crippen molar-refractivity contribution in [2.45, 2.75) is 19.3 Å². The first kappa shape index (κ1) is 10.7. The zero-order chi connectivity index (χ0) is 10.8. The van der Waals surface area contributed by atoms with E-state index in [0.717, 1.165) is 23.7 Å². The van der Waals surface area contributed by atoms with Crippen molar-refractivity contribution in [3.63, 3.8) is 0 Å². The minimum atomic E-state index is -0.0828. The van der Waals surface area contributed by atoms with E-state index in [1.54, 1.807) is 0 Å². The van der Waals surface area contributed by atoms with Crippen LogP contribution in [0.2, 0.25) is 0 Å². The molecule has 1 atom stereocenters. The number of methoxy groups -OCH3 is 1. The molecule has 1 aromatic rings. The Kier molecular flexibility index (Phi) is 3.10. The van der Waals surface area contributed by atoms with Crippen molar-refractivity contribution in [2.75, 3.05) is 7.11 Å². The van der Waals surface area contributed by atoms with E-state index in [-0.39, 0.29) is 11.9 Å². The standard InChI is InChI=1S/C12H13BrO2/c1-15-12(14)9-5-6-10-8(7-9)3-2-4-11(10)13/h2-4,9H,5-7H2,1H3. The van der Waals surface area contributed by atoms with Gasteiger partial charge in [-0.1, -0.05) is 28.1 Å². The second kappa shape index (κ2) is 4.35. The Bertz CT molecular complexity index is 387. The molecule has 1 aliphatic carbocycles. The Labute approximate surface area is 97.8 Å². The summed E-state index contributed by atoms with van der Waals surface area (Å²) in [6.45, 7) is 0. The van der Waals surface area contributed by atoms with E-state index < -0.39 is 0 Å². The first-order valence-corrected chi connectivity index (χ1v) is 5.85. The molecule has 0 bridgehead atoms. The number of halogens is 1. The van der Waals surface area contributed by atoms with Gasteiger partial charge in [-0.05, 0) is 36.5 Å². The fraction of sp³-hybridized carbons (Fsp3) is 0.417. The Balaban J connectivity index is 2.24. The van der Waals surface area contributed by atoms with E-state index in [0.29, 0.717) is 0 Å². The maximum atomic E-state index is 11.4. The normalized spacial score (nSPS) is 19.5. The van der Waals surface area contributed by atoms with Gasteiger partial charge in [0.1, 0.15) is 0 Å². The SMILES string of the molecule is COC(=O)C1CCc2c(Br)cccc2C1. The molecule has 0 amide bonds. The van der Waals surface area contributed by atoms with Gasteiger partial charge in [0, 0.05) is 4.47 Å². The molecule has 0 saturated carbocycles. The summed E-state index contributed by atoms with van der Waals surface area (Å²) >= 11 is 3.54. The van der Waals surface area contributed by atoms with E-state index >= 15 is 0 Å². The van der Waals surface area contributed by atoms with Gasteiger partial charge in [-0.2, -0.15) is 0 Å². The molecule has 2 nitrogen and oxygen atoms in total. The molecule has 2 rings (SSSR count). The maximum Gasteiger partial charge on any atom is 0.309 e. The number of carbonyl (C=O) groups excluding carboxylic acids is 1. The van der Waals surface area contributed by atoms with Crippen molar-refractivity contribution in [1.82, 2.24) is 0 Å². The van der Waals surface area contributed by atoms with E-state index in [4.69, 9.17) is 4.74 Å². The van der Waals surface area contributed by atoms with Gasteiger partial charge < -0.3 is 4.74 Å². The van der Waals surface area contributed by atoms with Crippen molar-refractivity contribution in [3.8, 4) is 0 Å². The summed E-state index contributed by atoms with van der Waals surface area (Å²) in [6.07, 6.45) is 2.65. The van der Waals surface area contributed by atoms with Crippen LogP contribution in [0.3, 0.4) is 0 Å². The van der Waals surface area contributed by atoms with E-state index in [9.17, 15) is 4.79 Å². The lowest BCUT2D eigenvalue weighted by Gasteiger charge is -2.23. The summed E-state index contributed by atoms with van der Waals surface area (Å²) in [6, 6.07) is 6.16. The van der Waals surface area contributed by atoms with Crippen LogP contribution in [-0.2, 0) is 22.4 Å². The first-order chi connectivity index (χ1) is 7.22. The monoisotopic (exact) mass is 268 g/mol. The van der Waals surface area contributed by atoms with Crippen LogP contribution in [0.1, 0.15) is 17.5 Å². The number of hydrogen-bond donors (Lipinski definition) is 0. The van der Waals surface area contributed by atoms with E-state index in [1.165, 1.54) is 18.2 Å². The highest BCUT2D eigenvalue weighted by Crippen LogP contribution is 2.31. The Morgan fingerprint density at radius 3 is 3.07 bits per heavy atom. The fourth-order valence-electron chi connectivity index (χ4n) is 2.13. The topological polar surface area (TPSA) is 26.3 Å². The summed E-state index contributed by atoms with van der Waals surface area (Å²) in [4.78, 5) is 11.4. The summed E-state index contributed by atoms with van der Waals surface area (Å²) in [5.41, 5.74) is 2.61. The van der Waals surface area contributed by atoms with Gasteiger partial charge in [0.2, 0.25) is 0 Å². The van der Waals surface area contributed by atoms with Crippen LogP contribution in [0, 0.1) is 5.92 Å². The van der Waals surface area contributed by atoms with Crippen molar-refractivity contribution in [1.29, 1.82) is 0 Å². The van der Waals surface area contributed by atoms with Gasteiger partial charge >= 0.3 is 5.97 Å². The molecule has 0 saturated heterocycles. The Morgan fingerprint density at radius 1 is 1.53 bits per heavy atom. The largest absolute Gasteiger partial charge is 0.469 e. The zero-order valence-corrected chi connectivity index (χ0v) is 10.2. The maximum absolute atomic E-state index is 11.4. The quantitative estimate of drug-likeness (QED) is 0.733. The van der Waals surface area contributed by atoms with Gasteiger partial charge in [0.15, 0.2) is 0 Å². The second-order valence-corrected chi connectivity index (χ2v) is 4.69. The van der Waals surface area contributed by atoms with Gasteiger partial charge in [0.05, 0.1) is 13.0 Å². The molecule has 0 aliphatic heterocycles. The average molecular weight is 269 g/mol. The van der Waals surface area contributed by atoms with Crippen LogP contribution in [0.25, 0.3) is 0 Å². The number of rotatable bonds is 1. The number of carbonyl (C=O) groups is 1. The molecule has 80 valence electrons. The van der Waals surface area contributed by atoms with Crippen LogP contribution in [0.15, 0.2) is 22.7 Å². The molecule has 0 N–H and O–H groups in total. The van der Waals surface area contributed by atoms with Crippen LogP contribution >= 0.6 is 15.9 Å². The predicted molar refractivity (Wildman–Crippen MR) is 61.7 cm³/mol. The highest BCUT2D eigenvalue weighted by atomic mass is 79.9. The number of ether oxygens (including phenoxy) is 1. The van der Waals surface area contributed by atoms with Crippen molar-refractivity contribution < 1.29 is 9.53 Å². The van der Waals surface area contributed by atoms with Gasteiger partial charge in [-0.3, -0.25) is 4.79 Å². The number of hydrogen-bond acceptors (Lipinski definition) is 2. The van der Waals surface area contributed by atoms with Gasteiger partial charge in [-0.15, -0.1) is 0 Å². The molecular weight excluding hydrogens is 256 g/mol. The molecule has 0 fully saturated rings. The van der Waals surface area contributed by atoms with E-state index in [2.05, 4.69) is 28.1 Å². The van der Waals surface area contributed by atoms with Crippen molar-refractivity contribution in [3.05, 3.63) is 33.8 Å². The minimum absolute atomic E-state index is 0.0387. The molecule has 1 unspecified atom stereocenters. The first-order valence-electron chi connectivity index (χ1n) is 5.06. The van der Waals surface area contributed by atoms with Crippen LogP contribution in [0.5, 0.6) is 0 Å². The third-order valence-corrected chi connectivity index (χ3v) is 3.70. The molecule has 1 aliphatic rings. The highest BCUT2D eigenvalue weighted by molar-refractivity contribution is 9.10. The summed E-state index contributed by atoms with van der Waals surface area (Å²) < 4.78 is 5.94. The molecule has 0 spiro atoms. The third-order valence-electron chi connectivity index (χ3n) is 2.96. The summed E-state index contributed by atoms with van der Waals surface area (Å²) in [7, 11) is 1.46. The lowest BCUT2D eigenvalue weighted by molar-refractivity contribution is -0.145. The van der Waals surface area contributed by atoms with Crippen molar-refractivity contribution >= 4 is 21.9 Å². The smallest absolute Gasteiger partial charge is 0.309 e. The summed E-state index contributed by atoms with van der Waals surface area (Å²) in [5, 5.41) is 0. The predicted octanol–water partition coefficient (Wildman–Crippen LogP) is 2.73. The average Bonchev–Trinajstić information content (AvgIpc) is 2.28. The molecule has 1 aromatic carbocycles. The molecule has 3 heteroatoms. The Morgan fingerprint density at radius 2 is 2.33 bits per heavy atom. The zero-order valence-electron chi connectivity index (χ0n) is 8.63. The molecule has 0 radical (unpaired) electrons. The van der Waals surface area contributed by atoms with Gasteiger partial charge in [-0.25, -0.2) is 0 Å². The van der Waals surface area contributed by atoms with Crippen LogP contribution < -0.4 is 0 Å². The number of esters is 1. The number of fused-ring (bicyclic) bond motifs is 1. The Hall–Kier alpha value is -0.830. The van der Waals surface area contributed by atoms with Crippen LogP contribution in [-0.4, -0.2) is 13.1 Å². The lowest BCUT2D eigenvalue weighted by Crippen LogP contribution is -2.23. The fourth-order valence-corrected chi connectivity index (χ4v) is 2.73. The second-order valence-electron chi connectivity index (χ2n) is 3.84. The van der Waals surface area contributed by atoms with Crippen molar-refractivity contribution in [2.24, 2.45) is 5.92 Å². The third kappa shape index (κ3) is 2.07. The van der Waals surface area contributed by atoms with E-state index in [1.807, 2.05) is 6.07 Å². The molecule has 0 aromatic heterocycles. The molecule has 15 heavy (non-hydrogen) atoms. The molecule has 0 heterocycles. The highest BCUT2D eigenvalue weighted by Gasteiger charge is 2.25. The molecular formula is C12H13BrO2. The van der Waals surface area contributed by atoms with Crippen LogP contribution in [0.4, 0.5) is 0 Å². The summed E-state index contributed by atoms with van der Waals surface area (Å²) in [5.74, 6) is -0.0441.